The molecular formula is C27H32N2O4. The number of benzene rings is 2. The minimum absolute atomic E-state index is 0.146. The average Bonchev–Trinajstić information content (AvgIpc) is 3.11. The molecule has 6 nitrogen and oxygen atoms in total. The molecule has 174 valence electrons. The van der Waals surface area contributed by atoms with Crippen LogP contribution in [0.2, 0.25) is 0 Å². The maximum Gasteiger partial charge on any atom is 0.411 e. The quantitative estimate of drug-likeness (QED) is 0.507. The Labute approximate surface area is 195 Å². The summed E-state index contributed by atoms with van der Waals surface area (Å²) in [5, 5.41) is 14.6. The van der Waals surface area contributed by atoms with Gasteiger partial charge in [-0.05, 0) is 51.3 Å². The van der Waals surface area contributed by atoms with Crippen molar-refractivity contribution in [2.45, 2.75) is 64.7 Å². The Morgan fingerprint density at radius 3 is 2.33 bits per heavy atom. The van der Waals surface area contributed by atoms with Crippen LogP contribution in [0.25, 0.3) is 11.1 Å². The van der Waals surface area contributed by atoms with Gasteiger partial charge in [-0.15, -0.1) is 0 Å². The number of aryl methyl sites for hydroxylation is 2. The van der Waals surface area contributed by atoms with Crippen molar-refractivity contribution >= 4 is 6.09 Å². The Balaban J connectivity index is 1.55. The fourth-order valence-electron chi connectivity index (χ4n) is 4.89. The molecule has 2 aromatic carbocycles. The molecule has 2 atom stereocenters. The van der Waals surface area contributed by atoms with Gasteiger partial charge in [0.05, 0.1) is 17.3 Å². The zero-order valence-corrected chi connectivity index (χ0v) is 20.0. The van der Waals surface area contributed by atoms with E-state index in [1.165, 1.54) is 0 Å². The monoisotopic (exact) mass is 448 g/mol. The van der Waals surface area contributed by atoms with E-state index in [0.717, 1.165) is 33.7 Å². The first-order valence-corrected chi connectivity index (χ1v) is 11.4. The van der Waals surface area contributed by atoms with E-state index in [1.807, 2.05) is 75.4 Å². The molecule has 1 aliphatic rings. The number of aromatic nitrogens is 1. The summed E-state index contributed by atoms with van der Waals surface area (Å²) in [5.74, 6) is 0.789. The number of aliphatic hydroxyl groups is 1. The fourth-order valence-corrected chi connectivity index (χ4v) is 4.89. The number of amides is 1. The largest absolute Gasteiger partial charge is 0.438 e. The molecule has 0 spiro atoms. The van der Waals surface area contributed by atoms with Crippen LogP contribution in [0.3, 0.4) is 0 Å². The van der Waals surface area contributed by atoms with Crippen LogP contribution in [0, 0.1) is 13.8 Å². The van der Waals surface area contributed by atoms with E-state index in [-0.39, 0.29) is 12.1 Å². The van der Waals surface area contributed by atoms with Crippen molar-refractivity contribution in [2.24, 2.45) is 0 Å². The number of rotatable bonds is 6. The van der Waals surface area contributed by atoms with Crippen molar-refractivity contribution in [3.63, 3.8) is 0 Å². The van der Waals surface area contributed by atoms with E-state index < -0.39 is 11.2 Å². The Bertz CT molecular complexity index is 1100. The van der Waals surface area contributed by atoms with Gasteiger partial charge >= 0.3 is 6.09 Å². The lowest BCUT2D eigenvalue weighted by Gasteiger charge is -2.45. The van der Waals surface area contributed by atoms with Gasteiger partial charge in [-0.1, -0.05) is 59.8 Å². The molecule has 1 amide bonds. The standard InChI is InChI=1S/C27H32N2O4/c1-18-24(20(3)33-28-18)22-13-11-21(12-14-22)19(2)29-16-15-27(32-25(29)30,17-26(4,5)31)23-9-7-6-8-10-23/h6-14,19,31H,15-17H2,1-5H3/t19-,27?/m0/s1. The minimum Gasteiger partial charge on any atom is -0.438 e. The van der Waals surface area contributed by atoms with Crippen molar-refractivity contribution in [2.75, 3.05) is 6.54 Å². The molecule has 0 saturated carbocycles. The summed E-state index contributed by atoms with van der Waals surface area (Å²) in [6.07, 6.45) is 0.579. The highest BCUT2D eigenvalue weighted by Gasteiger charge is 2.46. The smallest absolute Gasteiger partial charge is 0.411 e. The Morgan fingerprint density at radius 1 is 1.12 bits per heavy atom. The van der Waals surface area contributed by atoms with Gasteiger partial charge in [-0.2, -0.15) is 0 Å². The number of carbonyl (C=O) groups is 1. The van der Waals surface area contributed by atoms with Crippen LogP contribution in [0.15, 0.2) is 59.1 Å². The van der Waals surface area contributed by atoms with Gasteiger partial charge in [0.25, 0.3) is 0 Å². The fraction of sp³-hybridized carbons (Fsp3) is 0.407. The molecule has 1 N–H and O–H groups in total. The molecule has 6 heteroatoms. The van der Waals surface area contributed by atoms with Gasteiger partial charge in [-0.3, -0.25) is 0 Å². The van der Waals surface area contributed by atoms with E-state index in [0.29, 0.717) is 19.4 Å². The number of nitrogens with zero attached hydrogens (tertiary/aromatic N) is 2. The number of cyclic esters (lactones) is 1. The molecule has 1 saturated heterocycles. The lowest BCUT2D eigenvalue weighted by atomic mass is 9.80. The van der Waals surface area contributed by atoms with Gasteiger partial charge in [-0.25, -0.2) is 4.79 Å². The van der Waals surface area contributed by atoms with E-state index in [4.69, 9.17) is 9.26 Å². The van der Waals surface area contributed by atoms with Crippen molar-refractivity contribution in [1.29, 1.82) is 0 Å². The average molecular weight is 449 g/mol. The van der Waals surface area contributed by atoms with E-state index in [1.54, 1.807) is 18.7 Å². The molecule has 1 unspecified atom stereocenters. The first-order chi connectivity index (χ1) is 15.6. The maximum atomic E-state index is 13.2. The zero-order chi connectivity index (χ0) is 23.8. The van der Waals surface area contributed by atoms with E-state index >= 15 is 0 Å². The zero-order valence-electron chi connectivity index (χ0n) is 20.0. The molecule has 0 radical (unpaired) electrons. The predicted molar refractivity (Wildman–Crippen MR) is 127 cm³/mol. The van der Waals surface area contributed by atoms with Gasteiger partial charge in [0.15, 0.2) is 0 Å². The molecule has 1 aromatic heterocycles. The van der Waals surface area contributed by atoms with Crippen molar-refractivity contribution in [1.82, 2.24) is 10.1 Å². The SMILES string of the molecule is Cc1noc(C)c1-c1ccc([C@H](C)N2CCC(CC(C)(C)O)(c3ccccc3)OC2=O)cc1. The van der Waals surface area contributed by atoms with Gasteiger partial charge in [0, 0.05) is 24.9 Å². The van der Waals surface area contributed by atoms with Gasteiger partial charge in [0.1, 0.15) is 11.4 Å². The van der Waals surface area contributed by atoms with Crippen LogP contribution >= 0.6 is 0 Å². The summed E-state index contributed by atoms with van der Waals surface area (Å²) in [5.41, 5.74) is 3.02. The molecule has 2 heterocycles. The summed E-state index contributed by atoms with van der Waals surface area (Å²) in [6.45, 7) is 9.89. The number of hydrogen-bond donors (Lipinski definition) is 1. The van der Waals surface area contributed by atoms with Crippen molar-refractivity contribution in [3.8, 4) is 11.1 Å². The number of ether oxygens (including phenoxy) is 1. The number of hydrogen-bond acceptors (Lipinski definition) is 5. The molecule has 1 fully saturated rings. The van der Waals surface area contributed by atoms with Crippen LogP contribution in [-0.2, 0) is 10.3 Å². The third-order valence-electron chi connectivity index (χ3n) is 6.47. The third-order valence-corrected chi connectivity index (χ3v) is 6.47. The lowest BCUT2D eigenvalue weighted by molar-refractivity contribution is -0.101. The summed E-state index contributed by atoms with van der Waals surface area (Å²) < 4.78 is 11.4. The highest BCUT2D eigenvalue weighted by Crippen LogP contribution is 2.42. The van der Waals surface area contributed by atoms with E-state index in [9.17, 15) is 9.90 Å². The second-order valence-corrected chi connectivity index (χ2v) is 9.66. The molecule has 4 rings (SSSR count). The predicted octanol–water partition coefficient (Wildman–Crippen LogP) is 5.92. The molecule has 3 aromatic rings. The molecule has 0 aliphatic carbocycles. The highest BCUT2D eigenvalue weighted by molar-refractivity contribution is 5.71. The lowest BCUT2D eigenvalue weighted by Crippen LogP contribution is -2.51. The minimum atomic E-state index is -0.974. The highest BCUT2D eigenvalue weighted by atomic mass is 16.6. The van der Waals surface area contributed by atoms with Gasteiger partial charge < -0.3 is 19.3 Å². The molecule has 0 bridgehead atoms. The summed E-state index contributed by atoms with van der Waals surface area (Å²) in [4.78, 5) is 15.0. The summed E-state index contributed by atoms with van der Waals surface area (Å²) in [7, 11) is 0. The first kappa shape index (κ1) is 23.1. The van der Waals surface area contributed by atoms with Crippen LogP contribution in [0.4, 0.5) is 4.79 Å². The number of carbonyl (C=O) groups excluding carboxylic acids is 1. The van der Waals surface area contributed by atoms with Crippen molar-refractivity contribution in [3.05, 3.63) is 77.2 Å². The Kier molecular flexibility index (Phi) is 6.06. The third kappa shape index (κ3) is 4.67. The van der Waals surface area contributed by atoms with Crippen molar-refractivity contribution < 1.29 is 19.2 Å². The van der Waals surface area contributed by atoms with Crippen LogP contribution in [0.5, 0.6) is 0 Å². The Morgan fingerprint density at radius 2 is 1.79 bits per heavy atom. The normalized spacial score (nSPS) is 19.9. The van der Waals surface area contributed by atoms with E-state index in [2.05, 4.69) is 5.16 Å². The summed E-state index contributed by atoms with van der Waals surface area (Å²) >= 11 is 0. The topological polar surface area (TPSA) is 75.8 Å². The summed E-state index contributed by atoms with van der Waals surface area (Å²) in [6, 6.07) is 17.7. The maximum absolute atomic E-state index is 13.2. The second-order valence-electron chi connectivity index (χ2n) is 9.66. The van der Waals surface area contributed by atoms with Crippen LogP contribution in [-0.4, -0.2) is 33.4 Å². The van der Waals surface area contributed by atoms with Crippen LogP contribution in [0.1, 0.15) is 62.2 Å². The van der Waals surface area contributed by atoms with Crippen LogP contribution < -0.4 is 0 Å². The van der Waals surface area contributed by atoms with Gasteiger partial charge in [0.2, 0.25) is 0 Å². The second kappa shape index (κ2) is 8.67. The molecule has 33 heavy (non-hydrogen) atoms. The molecular weight excluding hydrogens is 416 g/mol. The first-order valence-electron chi connectivity index (χ1n) is 11.4. The Hall–Kier alpha value is -3.12. The molecule has 1 aliphatic heterocycles.